The smallest absolute Gasteiger partial charge is 0.313 e. The number of aromatic nitrogens is 2. The number of imidazole rings is 1. The summed E-state index contributed by atoms with van der Waals surface area (Å²) in [6.07, 6.45) is 7.03. The van der Waals surface area contributed by atoms with Gasteiger partial charge in [0.2, 0.25) is 0 Å². The van der Waals surface area contributed by atoms with Gasteiger partial charge in [-0.05, 0) is 0 Å². The van der Waals surface area contributed by atoms with Crippen molar-refractivity contribution in [2.75, 3.05) is 0 Å². The first-order chi connectivity index (χ1) is 4.33. The maximum Gasteiger partial charge on any atom is 0.323 e. The molecule has 0 saturated carbocycles. The molecule has 0 atom stereocenters. The van der Waals surface area contributed by atoms with Crippen LogP contribution in [0, 0.1) is 12.3 Å². The predicted octanol–water partition coefficient (Wildman–Crippen LogP) is -0.121. The minimum absolute atomic E-state index is 0.208. The number of rotatable bonds is 1. The molecular formula is C6H6N2O. The summed E-state index contributed by atoms with van der Waals surface area (Å²) >= 11 is 0. The largest absolute Gasteiger partial charge is 0.323 e. The molecule has 0 spiro atoms. The lowest BCUT2D eigenvalue weighted by Crippen LogP contribution is -2.00. The Bertz CT molecular complexity index is 276. The van der Waals surface area contributed by atoms with Crippen molar-refractivity contribution < 1.29 is 0 Å². The summed E-state index contributed by atoms with van der Waals surface area (Å²) in [5, 5.41) is 0. The first-order valence-corrected chi connectivity index (χ1v) is 2.53. The van der Waals surface area contributed by atoms with Crippen molar-refractivity contribution in [1.82, 2.24) is 9.97 Å². The number of terminal acetylenes is 1. The molecule has 46 valence electrons. The van der Waals surface area contributed by atoms with Crippen LogP contribution in [0.25, 0.3) is 0 Å². The van der Waals surface area contributed by atoms with Gasteiger partial charge >= 0.3 is 5.69 Å². The van der Waals surface area contributed by atoms with Crippen molar-refractivity contribution in [3.63, 3.8) is 0 Å². The number of aromatic amines is 2. The van der Waals surface area contributed by atoms with Crippen molar-refractivity contribution in [3.8, 4) is 12.3 Å². The molecule has 0 aromatic carbocycles. The third-order valence-electron chi connectivity index (χ3n) is 0.944. The molecule has 1 rings (SSSR count). The topological polar surface area (TPSA) is 48.6 Å². The van der Waals surface area contributed by atoms with Gasteiger partial charge in [0.25, 0.3) is 0 Å². The fourth-order valence-corrected chi connectivity index (χ4v) is 0.576. The van der Waals surface area contributed by atoms with Gasteiger partial charge in [-0.15, -0.1) is 12.3 Å². The highest BCUT2D eigenvalue weighted by atomic mass is 16.1. The Kier molecular flexibility index (Phi) is 1.41. The summed E-state index contributed by atoms with van der Waals surface area (Å²) in [7, 11) is 0. The van der Waals surface area contributed by atoms with E-state index >= 15 is 0 Å². The monoisotopic (exact) mass is 122 g/mol. The van der Waals surface area contributed by atoms with Crippen LogP contribution in [0.1, 0.15) is 5.69 Å². The Hall–Kier alpha value is -1.43. The Morgan fingerprint density at radius 3 is 3.00 bits per heavy atom. The summed E-state index contributed by atoms with van der Waals surface area (Å²) in [5.41, 5.74) is 0.544. The van der Waals surface area contributed by atoms with Crippen LogP contribution in [0.4, 0.5) is 0 Å². The molecular weight excluding hydrogens is 116 g/mol. The van der Waals surface area contributed by atoms with Crippen LogP contribution < -0.4 is 5.69 Å². The Morgan fingerprint density at radius 1 is 1.78 bits per heavy atom. The predicted molar refractivity (Wildman–Crippen MR) is 34.0 cm³/mol. The van der Waals surface area contributed by atoms with E-state index in [0.717, 1.165) is 5.69 Å². The maximum atomic E-state index is 10.4. The van der Waals surface area contributed by atoms with Gasteiger partial charge in [-0.25, -0.2) is 4.79 Å². The molecule has 3 heteroatoms. The number of nitrogens with one attached hydrogen (secondary N) is 2. The van der Waals surface area contributed by atoms with Gasteiger partial charge in [0.05, 0.1) is 6.42 Å². The molecule has 0 saturated heterocycles. The van der Waals surface area contributed by atoms with E-state index in [9.17, 15) is 4.79 Å². The van der Waals surface area contributed by atoms with E-state index in [1.807, 2.05) is 0 Å². The van der Waals surface area contributed by atoms with Crippen LogP contribution in [-0.4, -0.2) is 9.97 Å². The second-order valence-electron chi connectivity index (χ2n) is 1.65. The highest BCUT2D eigenvalue weighted by Crippen LogP contribution is 1.85. The van der Waals surface area contributed by atoms with Crippen LogP contribution in [0.15, 0.2) is 11.0 Å². The minimum atomic E-state index is -0.208. The van der Waals surface area contributed by atoms with Crippen molar-refractivity contribution in [2.24, 2.45) is 0 Å². The summed E-state index contributed by atoms with van der Waals surface area (Å²) in [4.78, 5) is 15.4. The molecule has 0 unspecified atom stereocenters. The Labute approximate surface area is 52.1 Å². The summed E-state index contributed by atoms with van der Waals surface area (Å²) < 4.78 is 0. The van der Waals surface area contributed by atoms with E-state index in [1.54, 1.807) is 6.20 Å². The molecule has 2 N–H and O–H groups in total. The third kappa shape index (κ3) is 1.23. The average molecular weight is 122 g/mol. The number of hydrogen-bond acceptors (Lipinski definition) is 1. The molecule has 3 nitrogen and oxygen atoms in total. The molecule has 1 heterocycles. The molecule has 1 aromatic rings. The van der Waals surface area contributed by atoms with Crippen molar-refractivity contribution in [1.29, 1.82) is 0 Å². The second-order valence-corrected chi connectivity index (χ2v) is 1.65. The molecule has 0 radical (unpaired) electrons. The van der Waals surface area contributed by atoms with E-state index < -0.39 is 0 Å². The molecule has 0 aliphatic rings. The van der Waals surface area contributed by atoms with Gasteiger partial charge in [0.15, 0.2) is 0 Å². The lowest BCUT2D eigenvalue weighted by Gasteiger charge is -1.79. The lowest BCUT2D eigenvalue weighted by atomic mass is 10.4. The van der Waals surface area contributed by atoms with E-state index in [2.05, 4.69) is 15.9 Å². The van der Waals surface area contributed by atoms with Gasteiger partial charge < -0.3 is 9.97 Å². The summed E-state index contributed by atoms with van der Waals surface area (Å²) in [6, 6.07) is 0. The normalized spacial score (nSPS) is 8.78. The lowest BCUT2D eigenvalue weighted by molar-refractivity contribution is 1.13. The molecule has 9 heavy (non-hydrogen) atoms. The zero-order valence-electron chi connectivity index (χ0n) is 4.77. The SMILES string of the molecule is C#CCc1c[nH]c(=O)[nH]1. The van der Waals surface area contributed by atoms with Gasteiger partial charge in [-0.2, -0.15) is 0 Å². The van der Waals surface area contributed by atoms with Crippen molar-refractivity contribution in [3.05, 3.63) is 22.4 Å². The van der Waals surface area contributed by atoms with Crippen LogP contribution in [0.3, 0.4) is 0 Å². The Morgan fingerprint density at radius 2 is 2.56 bits per heavy atom. The fourth-order valence-electron chi connectivity index (χ4n) is 0.576. The van der Waals surface area contributed by atoms with E-state index in [-0.39, 0.29) is 5.69 Å². The first-order valence-electron chi connectivity index (χ1n) is 2.53. The van der Waals surface area contributed by atoms with Gasteiger partial charge in [0, 0.05) is 11.9 Å². The van der Waals surface area contributed by atoms with Crippen molar-refractivity contribution >= 4 is 0 Å². The quantitative estimate of drug-likeness (QED) is 0.501. The van der Waals surface area contributed by atoms with E-state index in [0.29, 0.717) is 6.42 Å². The van der Waals surface area contributed by atoms with Crippen LogP contribution in [0.2, 0.25) is 0 Å². The maximum absolute atomic E-state index is 10.4. The first kappa shape index (κ1) is 5.70. The average Bonchev–Trinajstić information content (AvgIpc) is 2.17. The molecule has 0 fully saturated rings. The zero-order chi connectivity index (χ0) is 6.69. The second kappa shape index (κ2) is 2.23. The van der Waals surface area contributed by atoms with Crippen LogP contribution >= 0.6 is 0 Å². The molecule has 0 aliphatic heterocycles. The molecule has 0 amide bonds. The highest BCUT2D eigenvalue weighted by molar-refractivity contribution is 5.04. The standard InChI is InChI=1S/C6H6N2O/c1-2-3-5-4-7-6(9)8-5/h1,4H,3H2,(H2,7,8,9). The van der Waals surface area contributed by atoms with Gasteiger partial charge in [-0.1, -0.05) is 0 Å². The number of H-pyrrole nitrogens is 2. The van der Waals surface area contributed by atoms with Crippen molar-refractivity contribution in [2.45, 2.75) is 6.42 Å². The summed E-state index contributed by atoms with van der Waals surface area (Å²) in [5.74, 6) is 2.41. The zero-order valence-corrected chi connectivity index (χ0v) is 4.77. The fraction of sp³-hybridized carbons (Fsp3) is 0.167. The van der Waals surface area contributed by atoms with Gasteiger partial charge in [-0.3, -0.25) is 0 Å². The van der Waals surface area contributed by atoms with E-state index in [4.69, 9.17) is 6.42 Å². The van der Waals surface area contributed by atoms with Gasteiger partial charge in [0.1, 0.15) is 0 Å². The third-order valence-corrected chi connectivity index (χ3v) is 0.944. The van der Waals surface area contributed by atoms with Crippen LogP contribution in [0.5, 0.6) is 0 Å². The molecule has 0 aliphatic carbocycles. The summed E-state index contributed by atoms with van der Waals surface area (Å²) in [6.45, 7) is 0. The Balaban J connectivity index is 2.88. The number of hydrogen-bond donors (Lipinski definition) is 2. The van der Waals surface area contributed by atoms with E-state index in [1.165, 1.54) is 0 Å². The minimum Gasteiger partial charge on any atom is -0.313 e. The molecule has 0 bridgehead atoms. The highest BCUT2D eigenvalue weighted by Gasteiger charge is 1.89. The molecule has 1 aromatic heterocycles. The van der Waals surface area contributed by atoms with Crippen LogP contribution in [-0.2, 0) is 6.42 Å².